The quantitative estimate of drug-likeness (QED) is 0.610. The van der Waals surface area contributed by atoms with Gasteiger partial charge in [-0.05, 0) is 20.3 Å². The molecule has 0 bridgehead atoms. The van der Waals surface area contributed by atoms with Crippen molar-refractivity contribution in [1.82, 2.24) is 20.5 Å². The van der Waals surface area contributed by atoms with Gasteiger partial charge in [-0.3, -0.25) is 9.79 Å². The summed E-state index contributed by atoms with van der Waals surface area (Å²) in [6, 6.07) is 0.282. The lowest BCUT2D eigenvalue weighted by atomic mass is 10.3. The molecule has 2 N–H and O–H groups in total. The number of carbonyl (C=O) groups is 1. The molecule has 1 aromatic rings. The number of hydrogen-bond acceptors (Lipinski definition) is 4. The molecule has 23 heavy (non-hydrogen) atoms. The number of nitrogens with one attached hydrogen (secondary N) is 2. The van der Waals surface area contributed by atoms with E-state index in [0.717, 1.165) is 49.1 Å². The zero-order valence-corrected chi connectivity index (χ0v) is 15.1. The third-order valence-corrected chi connectivity index (χ3v) is 4.66. The molecule has 7 heteroatoms. The molecular formula is C16H27N5OS. The molecule has 1 unspecified atom stereocenters. The number of aliphatic imine (C=N–C) groups is 1. The number of amides is 1. The van der Waals surface area contributed by atoms with Gasteiger partial charge in [0.15, 0.2) is 5.96 Å². The Morgan fingerprint density at radius 2 is 2.35 bits per heavy atom. The number of guanidine groups is 1. The van der Waals surface area contributed by atoms with Crippen LogP contribution < -0.4 is 10.6 Å². The lowest BCUT2D eigenvalue weighted by Crippen LogP contribution is -2.45. The number of aryl methyl sites for hydroxylation is 1. The maximum Gasteiger partial charge on any atom is 0.222 e. The zero-order chi connectivity index (χ0) is 16.7. The standard InChI is InChI=1S/C16H27N5OS/c1-4-15(22)21-9-7-13(10-21)20-16(17-5-2)18-8-6-14-11-23-12(3)19-14/h11,13H,4-10H2,1-3H3,(H2,17,18,20). The molecule has 128 valence electrons. The fraction of sp³-hybridized carbons (Fsp3) is 0.688. The molecular weight excluding hydrogens is 310 g/mol. The second kappa shape index (κ2) is 8.86. The van der Waals surface area contributed by atoms with Crippen LogP contribution in [0.5, 0.6) is 0 Å². The average molecular weight is 337 g/mol. The summed E-state index contributed by atoms with van der Waals surface area (Å²) < 4.78 is 0. The van der Waals surface area contributed by atoms with Crippen LogP contribution in [0.15, 0.2) is 10.4 Å². The monoisotopic (exact) mass is 337 g/mol. The highest BCUT2D eigenvalue weighted by Crippen LogP contribution is 2.11. The van der Waals surface area contributed by atoms with Gasteiger partial charge in [0, 0.05) is 50.4 Å². The van der Waals surface area contributed by atoms with E-state index in [4.69, 9.17) is 0 Å². The van der Waals surface area contributed by atoms with E-state index in [-0.39, 0.29) is 11.9 Å². The van der Waals surface area contributed by atoms with E-state index in [1.165, 1.54) is 0 Å². The molecule has 0 aliphatic carbocycles. The minimum Gasteiger partial charge on any atom is -0.357 e. The van der Waals surface area contributed by atoms with Crippen LogP contribution in [0.3, 0.4) is 0 Å². The van der Waals surface area contributed by atoms with Crippen LogP contribution in [0.1, 0.15) is 37.4 Å². The van der Waals surface area contributed by atoms with Gasteiger partial charge >= 0.3 is 0 Å². The second-order valence-corrected chi connectivity index (χ2v) is 6.75. The van der Waals surface area contributed by atoms with Crippen LogP contribution in [0.4, 0.5) is 0 Å². The van der Waals surface area contributed by atoms with E-state index in [0.29, 0.717) is 13.0 Å². The number of hydrogen-bond donors (Lipinski definition) is 2. The third-order valence-electron chi connectivity index (χ3n) is 3.83. The molecule has 1 aromatic heterocycles. The Balaban J connectivity index is 1.83. The minimum absolute atomic E-state index is 0.232. The highest BCUT2D eigenvalue weighted by atomic mass is 32.1. The Bertz CT molecular complexity index is 542. The molecule has 0 aromatic carbocycles. The lowest BCUT2D eigenvalue weighted by molar-refractivity contribution is -0.129. The van der Waals surface area contributed by atoms with Gasteiger partial charge in [0.25, 0.3) is 0 Å². The molecule has 1 fully saturated rings. The van der Waals surface area contributed by atoms with E-state index < -0.39 is 0 Å². The van der Waals surface area contributed by atoms with Crippen molar-refractivity contribution in [2.75, 3.05) is 26.2 Å². The number of aromatic nitrogens is 1. The Kier molecular flexibility index (Phi) is 6.83. The predicted octanol–water partition coefficient (Wildman–Crippen LogP) is 1.56. The highest BCUT2D eigenvalue weighted by Gasteiger charge is 2.25. The maximum atomic E-state index is 11.7. The first kappa shape index (κ1) is 17.7. The summed E-state index contributed by atoms with van der Waals surface area (Å²) >= 11 is 1.68. The molecule has 1 atom stereocenters. The molecule has 0 saturated carbocycles. The molecule has 2 rings (SSSR count). The first-order chi connectivity index (χ1) is 11.1. The number of carbonyl (C=O) groups excluding carboxylic acids is 1. The summed E-state index contributed by atoms with van der Waals surface area (Å²) in [5, 5.41) is 9.91. The number of likely N-dealkylation sites (tertiary alicyclic amines) is 1. The Hall–Kier alpha value is -1.63. The normalized spacial score (nSPS) is 18.3. The summed E-state index contributed by atoms with van der Waals surface area (Å²) in [5.41, 5.74) is 1.10. The van der Waals surface area contributed by atoms with Crippen LogP contribution in [0, 0.1) is 6.92 Å². The van der Waals surface area contributed by atoms with Crippen molar-refractivity contribution in [3.8, 4) is 0 Å². The Labute approximate surface area is 142 Å². The van der Waals surface area contributed by atoms with Crippen molar-refractivity contribution < 1.29 is 4.79 Å². The van der Waals surface area contributed by atoms with Crippen molar-refractivity contribution in [2.24, 2.45) is 4.99 Å². The molecule has 1 amide bonds. The van der Waals surface area contributed by atoms with E-state index in [2.05, 4.69) is 32.9 Å². The van der Waals surface area contributed by atoms with Gasteiger partial charge < -0.3 is 15.5 Å². The topological polar surface area (TPSA) is 69.6 Å². The molecule has 1 aliphatic rings. The van der Waals surface area contributed by atoms with Gasteiger partial charge in [0.2, 0.25) is 5.91 Å². The smallest absolute Gasteiger partial charge is 0.222 e. The Morgan fingerprint density at radius 3 is 3.00 bits per heavy atom. The van der Waals surface area contributed by atoms with Crippen LogP contribution in [-0.4, -0.2) is 54.0 Å². The summed E-state index contributed by atoms with van der Waals surface area (Å²) in [4.78, 5) is 22.8. The summed E-state index contributed by atoms with van der Waals surface area (Å²) in [5.74, 6) is 1.06. The van der Waals surface area contributed by atoms with Gasteiger partial charge in [0.05, 0.1) is 10.7 Å². The Morgan fingerprint density at radius 1 is 1.52 bits per heavy atom. The average Bonchev–Trinajstić information content (AvgIpc) is 3.16. The van der Waals surface area contributed by atoms with Crippen LogP contribution in [-0.2, 0) is 11.2 Å². The fourth-order valence-corrected chi connectivity index (χ4v) is 3.29. The van der Waals surface area contributed by atoms with Crippen molar-refractivity contribution in [1.29, 1.82) is 0 Å². The van der Waals surface area contributed by atoms with E-state index in [9.17, 15) is 4.79 Å². The van der Waals surface area contributed by atoms with Crippen LogP contribution in [0.2, 0.25) is 0 Å². The van der Waals surface area contributed by atoms with Crippen molar-refractivity contribution >= 4 is 23.2 Å². The molecule has 1 aliphatic heterocycles. The predicted molar refractivity (Wildman–Crippen MR) is 94.9 cm³/mol. The molecule has 2 heterocycles. The van der Waals surface area contributed by atoms with Crippen LogP contribution >= 0.6 is 11.3 Å². The minimum atomic E-state index is 0.232. The first-order valence-corrected chi connectivity index (χ1v) is 9.24. The van der Waals surface area contributed by atoms with Gasteiger partial charge in [-0.1, -0.05) is 6.92 Å². The summed E-state index contributed by atoms with van der Waals surface area (Å²) in [6.45, 7) is 9.13. The van der Waals surface area contributed by atoms with Gasteiger partial charge in [-0.25, -0.2) is 4.98 Å². The van der Waals surface area contributed by atoms with E-state index in [1.54, 1.807) is 11.3 Å². The molecule has 0 spiro atoms. The van der Waals surface area contributed by atoms with E-state index >= 15 is 0 Å². The van der Waals surface area contributed by atoms with Crippen molar-refractivity contribution in [3.05, 3.63) is 16.1 Å². The fourth-order valence-electron chi connectivity index (χ4n) is 2.65. The number of rotatable bonds is 6. The van der Waals surface area contributed by atoms with Gasteiger partial charge in [-0.15, -0.1) is 11.3 Å². The third kappa shape index (κ3) is 5.49. The lowest BCUT2D eigenvalue weighted by Gasteiger charge is -2.18. The second-order valence-electron chi connectivity index (χ2n) is 5.69. The van der Waals surface area contributed by atoms with Crippen molar-refractivity contribution in [3.63, 3.8) is 0 Å². The highest BCUT2D eigenvalue weighted by molar-refractivity contribution is 7.09. The van der Waals surface area contributed by atoms with Gasteiger partial charge in [-0.2, -0.15) is 0 Å². The van der Waals surface area contributed by atoms with Crippen molar-refractivity contribution in [2.45, 2.75) is 46.1 Å². The summed E-state index contributed by atoms with van der Waals surface area (Å²) in [7, 11) is 0. The zero-order valence-electron chi connectivity index (χ0n) is 14.3. The molecule has 1 saturated heterocycles. The summed E-state index contributed by atoms with van der Waals surface area (Å²) in [6.07, 6.45) is 2.40. The van der Waals surface area contributed by atoms with Gasteiger partial charge in [0.1, 0.15) is 0 Å². The number of thiazole rings is 1. The largest absolute Gasteiger partial charge is 0.357 e. The molecule has 0 radical (unpaired) electrons. The molecule has 6 nitrogen and oxygen atoms in total. The van der Waals surface area contributed by atoms with Crippen LogP contribution in [0.25, 0.3) is 0 Å². The van der Waals surface area contributed by atoms with E-state index in [1.807, 2.05) is 18.7 Å². The SMILES string of the molecule is CCNC(=NCCc1csc(C)n1)NC1CCN(C(=O)CC)C1. The first-order valence-electron chi connectivity index (χ1n) is 8.36. The maximum absolute atomic E-state index is 11.7. The number of nitrogens with zero attached hydrogens (tertiary/aromatic N) is 3.